The van der Waals surface area contributed by atoms with Gasteiger partial charge in [0.15, 0.2) is 5.78 Å². The quantitative estimate of drug-likeness (QED) is 0.873. The molecule has 2 aromatic rings. The first-order chi connectivity index (χ1) is 10.1. The highest BCUT2D eigenvalue weighted by atomic mass is 16.3. The summed E-state index contributed by atoms with van der Waals surface area (Å²) < 4.78 is 0. The van der Waals surface area contributed by atoms with E-state index in [0.717, 1.165) is 5.56 Å². The van der Waals surface area contributed by atoms with E-state index < -0.39 is 12.1 Å². The van der Waals surface area contributed by atoms with E-state index in [2.05, 4.69) is 0 Å². The number of amides is 1. The van der Waals surface area contributed by atoms with E-state index in [0.29, 0.717) is 11.3 Å². The predicted molar refractivity (Wildman–Crippen MR) is 79.1 cm³/mol. The third-order valence-electron chi connectivity index (χ3n) is 3.76. The maximum atomic E-state index is 12.4. The number of aliphatic hydroxyl groups excluding tert-OH is 1. The van der Waals surface area contributed by atoms with E-state index in [1.54, 1.807) is 24.3 Å². The van der Waals surface area contributed by atoms with Gasteiger partial charge in [-0.15, -0.1) is 0 Å². The Hall–Kier alpha value is -2.46. The molecular formula is C17H15NO3. The van der Waals surface area contributed by atoms with Gasteiger partial charge in [-0.25, -0.2) is 0 Å². The molecule has 4 nitrogen and oxygen atoms in total. The van der Waals surface area contributed by atoms with Gasteiger partial charge in [0.1, 0.15) is 6.10 Å². The van der Waals surface area contributed by atoms with Gasteiger partial charge in [-0.05, 0) is 17.7 Å². The summed E-state index contributed by atoms with van der Waals surface area (Å²) in [5, 5.41) is 10.4. The standard InChI is InChI=1S/C17H15NO3/c1-11(19)18-14-10-6-5-9-13(14)16(20)17(21)15(18)12-7-3-2-4-8-12/h2-10,15,17,21H,1H3/t15-,17+/m0/s1. The lowest BCUT2D eigenvalue weighted by Crippen LogP contribution is -2.47. The number of para-hydroxylation sites is 1. The van der Waals surface area contributed by atoms with E-state index in [4.69, 9.17) is 0 Å². The zero-order valence-electron chi connectivity index (χ0n) is 11.6. The van der Waals surface area contributed by atoms with Gasteiger partial charge in [-0.3, -0.25) is 9.59 Å². The molecule has 2 aromatic carbocycles. The number of ketones is 1. The van der Waals surface area contributed by atoms with Crippen LogP contribution in [-0.4, -0.2) is 22.9 Å². The Bertz CT molecular complexity index is 696. The lowest BCUT2D eigenvalue weighted by atomic mass is 9.88. The lowest BCUT2D eigenvalue weighted by molar-refractivity contribution is -0.117. The zero-order valence-corrected chi connectivity index (χ0v) is 11.6. The van der Waals surface area contributed by atoms with Gasteiger partial charge in [0.2, 0.25) is 5.91 Å². The average molecular weight is 281 g/mol. The van der Waals surface area contributed by atoms with Crippen molar-refractivity contribution in [3.8, 4) is 0 Å². The third kappa shape index (κ3) is 2.14. The molecule has 106 valence electrons. The molecule has 0 unspecified atom stereocenters. The molecule has 0 fully saturated rings. The average Bonchev–Trinajstić information content (AvgIpc) is 2.51. The van der Waals surface area contributed by atoms with Crippen LogP contribution in [0.3, 0.4) is 0 Å². The molecule has 0 spiro atoms. The number of anilines is 1. The van der Waals surface area contributed by atoms with Crippen LogP contribution in [0.4, 0.5) is 5.69 Å². The molecule has 1 N–H and O–H groups in total. The fraction of sp³-hybridized carbons (Fsp3) is 0.176. The lowest BCUT2D eigenvalue weighted by Gasteiger charge is -2.39. The fourth-order valence-corrected chi connectivity index (χ4v) is 2.83. The number of hydrogen-bond acceptors (Lipinski definition) is 3. The van der Waals surface area contributed by atoms with Crippen molar-refractivity contribution in [3.05, 3.63) is 65.7 Å². The van der Waals surface area contributed by atoms with Crippen LogP contribution in [0.5, 0.6) is 0 Å². The Balaban J connectivity index is 2.20. The largest absolute Gasteiger partial charge is 0.382 e. The Morgan fingerprint density at radius 3 is 2.33 bits per heavy atom. The molecule has 0 aliphatic carbocycles. The Morgan fingerprint density at radius 2 is 1.67 bits per heavy atom. The molecular weight excluding hydrogens is 266 g/mol. The second-order valence-electron chi connectivity index (χ2n) is 5.07. The normalized spacial score (nSPS) is 21.0. The molecule has 3 rings (SSSR count). The summed E-state index contributed by atoms with van der Waals surface area (Å²) in [6, 6.07) is 15.3. The van der Waals surface area contributed by atoms with Crippen LogP contribution in [0.25, 0.3) is 0 Å². The number of rotatable bonds is 1. The minimum atomic E-state index is -1.26. The van der Waals surface area contributed by atoms with Crippen LogP contribution in [0.15, 0.2) is 54.6 Å². The van der Waals surface area contributed by atoms with Gasteiger partial charge >= 0.3 is 0 Å². The summed E-state index contributed by atoms with van der Waals surface area (Å²) in [4.78, 5) is 26.0. The van der Waals surface area contributed by atoms with Crippen LogP contribution < -0.4 is 4.90 Å². The minimum Gasteiger partial charge on any atom is -0.382 e. The van der Waals surface area contributed by atoms with Crippen molar-refractivity contribution in [1.29, 1.82) is 0 Å². The number of carbonyl (C=O) groups is 2. The summed E-state index contributed by atoms with van der Waals surface area (Å²) in [5.41, 5.74) is 1.67. The molecule has 0 saturated carbocycles. The van der Waals surface area contributed by atoms with Gasteiger partial charge in [-0.1, -0.05) is 42.5 Å². The Labute approximate surface area is 122 Å². The molecule has 1 amide bonds. The van der Waals surface area contributed by atoms with E-state index in [9.17, 15) is 14.7 Å². The van der Waals surface area contributed by atoms with Crippen molar-refractivity contribution in [2.24, 2.45) is 0 Å². The molecule has 1 aliphatic rings. The summed E-state index contributed by atoms with van der Waals surface area (Å²) in [6.45, 7) is 1.44. The second-order valence-corrected chi connectivity index (χ2v) is 5.07. The van der Waals surface area contributed by atoms with Crippen LogP contribution >= 0.6 is 0 Å². The van der Waals surface area contributed by atoms with E-state index in [1.807, 2.05) is 30.3 Å². The van der Waals surface area contributed by atoms with Crippen LogP contribution in [0, 0.1) is 0 Å². The van der Waals surface area contributed by atoms with Crippen molar-refractivity contribution in [2.45, 2.75) is 19.1 Å². The highest BCUT2D eigenvalue weighted by molar-refractivity contribution is 6.11. The molecule has 4 heteroatoms. The number of Topliss-reactive ketones (excluding diaryl/α,β-unsaturated/α-hetero) is 1. The Kier molecular flexibility index (Phi) is 3.31. The summed E-state index contributed by atoms with van der Waals surface area (Å²) in [7, 11) is 0. The number of fused-ring (bicyclic) bond motifs is 1. The molecule has 0 saturated heterocycles. The maximum absolute atomic E-state index is 12.4. The fourth-order valence-electron chi connectivity index (χ4n) is 2.83. The molecule has 0 bridgehead atoms. The SMILES string of the molecule is CC(=O)N1c2ccccc2C(=O)[C@H](O)[C@@H]1c1ccccc1. The number of carbonyl (C=O) groups excluding carboxylic acids is 2. The highest BCUT2D eigenvalue weighted by Crippen LogP contribution is 2.38. The molecule has 0 radical (unpaired) electrons. The molecule has 2 atom stereocenters. The molecule has 21 heavy (non-hydrogen) atoms. The predicted octanol–water partition coefficient (Wildman–Crippen LogP) is 2.34. The molecule has 1 heterocycles. The minimum absolute atomic E-state index is 0.206. The first-order valence-corrected chi connectivity index (χ1v) is 6.77. The summed E-state index contributed by atoms with van der Waals surface area (Å²) in [6.07, 6.45) is -1.26. The first kappa shape index (κ1) is 13.5. The topological polar surface area (TPSA) is 57.6 Å². The summed E-state index contributed by atoms with van der Waals surface area (Å²) >= 11 is 0. The van der Waals surface area contributed by atoms with Gasteiger partial charge in [0.25, 0.3) is 0 Å². The third-order valence-corrected chi connectivity index (χ3v) is 3.76. The van der Waals surface area contributed by atoms with E-state index in [-0.39, 0.29) is 11.7 Å². The van der Waals surface area contributed by atoms with Crippen molar-refractivity contribution in [1.82, 2.24) is 0 Å². The van der Waals surface area contributed by atoms with Crippen molar-refractivity contribution < 1.29 is 14.7 Å². The number of benzene rings is 2. The van der Waals surface area contributed by atoms with E-state index in [1.165, 1.54) is 11.8 Å². The van der Waals surface area contributed by atoms with Crippen molar-refractivity contribution >= 4 is 17.4 Å². The molecule has 0 aromatic heterocycles. The number of nitrogens with zero attached hydrogens (tertiary/aromatic N) is 1. The van der Waals surface area contributed by atoms with Gasteiger partial charge < -0.3 is 10.0 Å². The number of hydrogen-bond donors (Lipinski definition) is 1. The summed E-state index contributed by atoms with van der Waals surface area (Å²) in [5.74, 6) is -0.556. The smallest absolute Gasteiger partial charge is 0.224 e. The monoisotopic (exact) mass is 281 g/mol. The second kappa shape index (κ2) is 5.14. The number of aliphatic hydroxyl groups is 1. The van der Waals surface area contributed by atoms with Crippen LogP contribution in [-0.2, 0) is 4.79 Å². The van der Waals surface area contributed by atoms with Gasteiger partial charge in [0.05, 0.1) is 11.7 Å². The van der Waals surface area contributed by atoms with Crippen LogP contribution in [0.2, 0.25) is 0 Å². The highest BCUT2D eigenvalue weighted by Gasteiger charge is 2.41. The maximum Gasteiger partial charge on any atom is 0.224 e. The van der Waals surface area contributed by atoms with Crippen LogP contribution in [0.1, 0.15) is 28.9 Å². The van der Waals surface area contributed by atoms with Gasteiger partial charge in [0, 0.05) is 12.5 Å². The molecule has 1 aliphatic heterocycles. The van der Waals surface area contributed by atoms with E-state index >= 15 is 0 Å². The van der Waals surface area contributed by atoms with Crippen molar-refractivity contribution in [2.75, 3.05) is 4.90 Å². The zero-order chi connectivity index (χ0) is 15.0. The van der Waals surface area contributed by atoms with Gasteiger partial charge in [-0.2, -0.15) is 0 Å². The first-order valence-electron chi connectivity index (χ1n) is 6.77. The van der Waals surface area contributed by atoms with Crippen molar-refractivity contribution in [3.63, 3.8) is 0 Å². The Morgan fingerprint density at radius 1 is 1.05 bits per heavy atom.